The maximum absolute atomic E-state index is 12.4. The number of hydrogen-bond acceptors (Lipinski definition) is 4. The highest BCUT2D eigenvalue weighted by Crippen LogP contribution is 2.17. The van der Waals surface area contributed by atoms with Crippen molar-refractivity contribution in [1.29, 1.82) is 0 Å². The number of nitrogens with zero attached hydrogens (tertiary/aromatic N) is 4. The Kier molecular flexibility index (Phi) is 6.12. The monoisotopic (exact) mass is 335 g/mol. The van der Waals surface area contributed by atoms with Crippen molar-refractivity contribution in [2.24, 2.45) is 11.7 Å². The number of amides is 1. The summed E-state index contributed by atoms with van der Waals surface area (Å²) in [7, 11) is 0. The summed E-state index contributed by atoms with van der Waals surface area (Å²) in [6.07, 6.45) is 3.67. The first-order valence-electron chi connectivity index (χ1n) is 7.69. The first-order valence-corrected chi connectivity index (χ1v) is 7.69. The first kappa shape index (κ1) is 17.4. The van der Waals surface area contributed by atoms with Gasteiger partial charge in [-0.1, -0.05) is 35.5 Å². The van der Waals surface area contributed by atoms with Crippen molar-refractivity contribution < 1.29 is 4.79 Å². The number of benzene rings is 1. The summed E-state index contributed by atoms with van der Waals surface area (Å²) in [5.41, 5.74) is 7.24. The molecular formula is C16H22ClN5O. The fourth-order valence-corrected chi connectivity index (χ4v) is 2.78. The van der Waals surface area contributed by atoms with Crippen LogP contribution >= 0.6 is 12.4 Å². The second-order valence-electron chi connectivity index (χ2n) is 5.76. The van der Waals surface area contributed by atoms with Crippen molar-refractivity contribution >= 4 is 18.3 Å². The number of aromatic nitrogens is 3. The third-order valence-electron chi connectivity index (χ3n) is 4.18. The molecule has 6 nitrogen and oxygen atoms in total. The molecule has 2 aromatic rings. The van der Waals surface area contributed by atoms with Crippen molar-refractivity contribution in [2.45, 2.75) is 19.4 Å². The Morgan fingerprint density at radius 3 is 2.57 bits per heavy atom. The lowest BCUT2D eigenvalue weighted by Gasteiger charge is -2.30. The third-order valence-corrected chi connectivity index (χ3v) is 4.18. The SMILES string of the molecule is Cl.NCC1CCN(C(=O)c2cn(Cc3ccccc3)nn2)CC1. The van der Waals surface area contributed by atoms with Gasteiger partial charge in [0.15, 0.2) is 5.69 Å². The molecule has 0 aliphatic carbocycles. The predicted octanol–water partition coefficient (Wildman–Crippen LogP) is 1.56. The zero-order valence-corrected chi connectivity index (χ0v) is 13.8. The Bertz CT molecular complexity index is 622. The van der Waals surface area contributed by atoms with E-state index in [1.807, 2.05) is 35.2 Å². The van der Waals surface area contributed by atoms with E-state index in [-0.39, 0.29) is 18.3 Å². The first-order chi connectivity index (χ1) is 10.8. The van der Waals surface area contributed by atoms with Crippen molar-refractivity contribution in [3.63, 3.8) is 0 Å². The second kappa shape index (κ2) is 8.08. The molecule has 2 heterocycles. The van der Waals surface area contributed by atoms with Crippen LogP contribution in [0.3, 0.4) is 0 Å². The van der Waals surface area contributed by atoms with Gasteiger partial charge in [-0.25, -0.2) is 4.68 Å². The van der Waals surface area contributed by atoms with E-state index in [1.54, 1.807) is 10.9 Å². The third kappa shape index (κ3) is 4.30. The maximum Gasteiger partial charge on any atom is 0.276 e. The van der Waals surface area contributed by atoms with E-state index in [2.05, 4.69) is 10.3 Å². The summed E-state index contributed by atoms with van der Waals surface area (Å²) in [4.78, 5) is 14.3. The normalized spacial score (nSPS) is 15.3. The van der Waals surface area contributed by atoms with E-state index >= 15 is 0 Å². The molecule has 1 fully saturated rings. The minimum absolute atomic E-state index is 0. The number of rotatable bonds is 4. The van der Waals surface area contributed by atoms with Crippen LogP contribution in [0.2, 0.25) is 0 Å². The van der Waals surface area contributed by atoms with Crippen LogP contribution in [0.1, 0.15) is 28.9 Å². The average molecular weight is 336 g/mol. The molecule has 1 aliphatic heterocycles. The van der Waals surface area contributed by atoms with Crippen LogP contribution < -0.4 is 5.73 Å². The molecule has 2 N–H and O–H groups in total. The van der Waals surface area contributed by atoms with Gasteiger partial charge in [0.2, 0.25) is 0 Å². The molecule has 7 heteroatoms. The average Bonchev–Trinajstić information content (AvgIpc) is 3.04. The Morgan fingerprint density at radius 2 is 1.91 bits per heavy atom. The standard InChI is InChI=1S/C16H21N5O.ClH/c17-10-13-6-8-20(9-7-13)16(22)15-12-21(19-18-15)11-14-4-2-1-3-5-14;/h1-5,12-13H,6-11,17H2;1H. The molecule has 0 bridgehead atoms. The van der Waals surface area contributed by atoms with Crippen LogP contribution in [0.15, 0.2) is 36.5 Å². The summed E-state index contributed by atoms with van der Waals surface area (Å²) in [6.45, 7) is 2.84. The van der Waals surface area contributed by atoms with Gasteiger partial charge in [0.1, 0.15) is 0 Å². The summed E-state index contributed by atoms with van der Waals surface area (Å²) < 4.78 is 1.70. The fourth-order valence-electron chi connectivity index (χ4n) is 2.78. The molecule has 3 rings (SSSR count). The molecule has 23 heavy (non-hydrogen) atoms. The van der Waals surface area contributed by atoms with E-state index in [0.29, 0.717) is 24.7 Å². The topological polar surface area (TPSA) is 77.0 Å². The number of carbonyl (C=O) groups is 1. The Balaban J connectivity index is 0.00000192. The number of halogens is 1. The zero-order chi connectivity index (χ0) is 15.4. The lowest BCUT2D eigenvalue weighted by molar-refractivity contribution is 0.0687. The summed E-state index contributed by atoms with van der Waals surface area (Å²) >= 11 is 0. The van der Waals surface area contributed by atoms with Crippen LogP contribution in [0.5, 0.6) is 0 Å². The molecule has 1 amide bonds. The molecule has 1 aliphatic rings. The zero-order valence-electron chi connectivity index (χ0n) is 13.0. The number of nitrogens with two attached hydrogens (primary N) is 1. The number of likely N-dealkylation sites (tertiary alicyclic amines) is 1. The highest BCUT2D eigenvalue weighted by Gasteiger charge is 2.24. The van der Waals surface area contributed by atoms with Gasteiger partial charge in [-0.2, -0.15) is 0 Å². The second-order valence-corrected chi connectivity index (χ2v) is 5.76. The van der Waals surface area contributed by atoms with E-state index in [4.69, 9.17) is 5.73 Å². The van der Waals surface area contributed by atoms with Gasteiger partial charge in [0.25, 0.3) is 5.91 Å². The highest BCUT2D eigenvalue weighted by molar-refractivity contribution is 5.92. The molecule has 1 saturated heterocycles. The van der Waals surface area contributed by atoms with Crippen molar-refractivity contribution in [3.8, 4) is 0 Å². The summed E-state index contributed by atoms with van der Waals surface area (Å²) in [6, 6.07) is 10.0. The highest BCUT2D eigenvalue weighted by atomic mass is 35.5. The molecule has 0 spiro atoms. The molecule has 124 valence electrons. The van der Waals surface area contributed by atoms with Crippen LogP contribution in [0, 0.1) is 5.92 Å². The molecule has 0 radical (unpaired) electrons. The predicted molar refractivity (Wildman–Crippen MR) is 90.5 cm³/mol. The number of carbonyl (C=O) groups excluding carboxylic acids is 1. The largest absolute Gasteiger partial charge is 0.337 e. The molecule has 0 saturated carbocycles. The lowest BCUT2D eigenvalue weighted by Crippen LogP contribution is -2.40. The van der Waals surface area contributed by atoms with Crippen molar-refractivity contribution in [1.82, 2.24) is 19.9 Å². The van der Waals surface area contributed by atoms with E-state index in [9.17, 15) is 4.79 Å². The summed E-state index contributed by atoms with van der Waals surface area (Å²) in [5.74, 6) is 0.507. The van der Waals surface area contributed by atoms with Gasteiger partial charge in [0.05, 0.1) is 12.7 Å². The van der Waals surface area contributed by atoms with Gasteiger partial charge in [0, 0.05) is 13.1 Å². The minimum atomic E-state index is -0.0326. The van der Waals surface area contributed by atoms with Gasteiger partial charge >= 0.3 is 0 Å². The van der Waals surface area contributed by atoms with Crippen LogP contribution in [0.25, 0.3) is 0 Å². The summed E-state index contributed by atoms with van der Waals surface area (Å²) in [5, 5.41) is 8.08. The van der Waals surface area contributed by atoms with E-state index < -0.39 is 0 Å². The van der Waals surface area contributed by atoms with Crippen LogP contribution in [-0.2, 0) is 6.54 Å². The maximum atomic E-state index is 12.4. The molecule has 1 aromatic heterocycles. The molecule has 0 atom stereocenters. The van der Waals surface area contributed by atoms with Gasteiger partial charge < -0.3 is 10.6 Å². The molecule has 1 aromatic carbocycles. The van der Waals surface area contributed by atoms with E-state index in [0.717, 1.165) is 31.5 Å². The van der Waals surface area contributed by atoms with Crippen LogP contribution in [-0.4, -0.2) is 45.4 Å². The van der Waals surface area contributed by atoms with Gasteiger partial charge in [-0.05, 0) is 30.9 Å². The number of piperidine rings is 1. The Labute approximate surface area is 142 Å². The van der Waals surface area contributed by atoms with Gasteiger partial charge in [-0.3, -0.25) is 4.79 Å². The Morgan fingerprint density at radius 1 is 1.22 bits per heavy atom. The van der Waals surface area contributed by atoms with Crippen molar-refractivity contribution in [2.75, 3.05) is 19.6 Å². The fraction of sp³-hybridized carbons (Fsp3) is 0.438. The molecule has 0 unspecified atom stereocenters. The van der Waals surface area contributed by atoms with Crippen molar-refractivity contribution in [3.05, 3.63) is 47.8 Å². The smallest absolute Gasteiger partial charge is 0.276 e. The van der Waals surface area contributed by atoms with Gasteiger partial charge in [-0.15, -0.1) is 17.5 Å². The minimum Gasteiger partial charge on any atom is -0.337 e. The van der Waals surface area contributed by atoms with Crippen LogP contribution in [0.4, 0.5) is 0 Å². The quantitative estimate of drug-likeness (QED) is 0.919. The van der Waals surface area contributed by atoms with E-state index in [1.165, 1.54) is 0 Å². The Hall–Kier alpha value is -1.92. The number of hydrogen-bond donors (Lipinski definition) is 1. The lowest BCUT2D eigenvalue weighted by atomic mass is 9.97. The molecular weight excluding hydrogens is 314 g/mol.